The maximum atomic E-state index is 6.19. The molecule has 2 N–H and O–H groups in total. The second-order valence-corrected chi connectivity index (χ2v) is 9.49. The number of nitrogens with two attached hydrogens (primary N) is 1. The molecule has 1 heterocycles. The lowest BCUT2D eigenvalue weighted by Gasteiger charge is -2.17. The van der Waals surface area contributed by atoms with Crippen LogP contribution >= 0.6 is 11.6 Å². The molecule has 0 bridgehead atoms. The van der Waals surface area contributed by atoms with Gasteiger partial charge in [0, 0.05) is 29.0 Å². The van der Waals surface area contributed by atoms with Crippen molar-refractivity contribution in [2.75, 3.05) is 26.1 Å². The average Bonchev–Trinajstić information content (AvgIpc) is 2.80. The summed E-state index contributed by atoms with van der Waals surface area (Å²) < 4.78 is 10.7. The first kappa shape index (κ1) is 32.0. The molecule has 0 radical (unpaired) electrons. The molecule has 1 aromatic heterocycles. The molecule has 0 saturated heterocycles. The van der Waals surface area contributed by atoms with Crippen LogP contribution in [-0.2, 0) is 4.74 Å². The third kappa shape index (κ3) is 11.9. The molecule has 192 valence electrons. The topological polar surface area (TPSA) is 57.4 Å². The van der Waals surface area contributed by atoms with E-state index in [-0.39, 0.29) is 0 Å². The molecule has 3 aromatic rings. The zero-order valence-electron chi connectivity index (χ0n) is 22.9. The number of methoxy groups -OCH3 is 1. The van der Waals surface area contributed by atoms with E-state index in [1.807, 2.05) is 50.2 Å². The summed E-state index contributed by atoms with van der Waals surface area (Å²) in [4.78, 5) is 4.55. The van der Waals surface area contributed by atoms with Crippen LogP contribution in [-0.4, -0.2) is 25.3 Å². The van der Waals surface area contributed by atoms with Gasteiger partial charge in [-0.25, -0.2) is 4.98 Å². The van der Waals surface area contributed by atoms with E-state index in [1.54, 1.807) is 7.11 Å². The van der Waals surface area contributed by atoms with Crippen LogP contribution in [0.4, 0.5) is 5.69 Å². The first-order valence-corrected chi connectivity index (χ1v) is 12.9. The van der Waals surface area contributed by atoms with Crippen molar-refractivity contribution in [3.05, 3.63) is 41.4 Å². The summed E-state index contributed by atoms with van der Waals surface area (Å²) in [5.74, 6) is 0.768. The van der Waals surface area contributed by atoms with Gasteiger partial charge in [-0.15, -0.1) is 0 Å². The molecule has 4 nitrogen and oxygen atoms in total. The Bertz CT molecular complexity index is 952. The van der Waals surface area contributed by atoms with Crippen LogP contribution in [0.2, 0.25) is 5.02 Å². The zero-order chi connectivity index (χ0) is 26.1. The van der Waals surface area contributed by atoms with E-state index in [9.17, 15) is 0 Å². The van der Waals surface area contributed by atoms with Crippen LogP contribution in [0.15, 0.2) is 36.4 Å². The zero-order valence-corrected chi connectivity index (χ0v) is 23.7. The lowest BCUT2D eigenvalue weighted by atomic mass is 9.93. The average molecular weight is 491 g/mol. The smallest absolute Gasteiger partial charge is 0.119 e. The van der Waals surface area contributed by atoms with Crippen molar-refractivity contribution in [3.63, 3.8) is 0 Å². The summed E-state index contributed by atoms with van der Waals surface area (Å²) in [6.45, 7) is 19.0. The van der Waals surface area contributed by atoms with Crippen LogP contribution in [0.3, 0.4) is 0 Å². The highest BCUT2D eigenvalue weighted by Gasteiger charge is 2.09. The number of nitrogens with zero attached hydrogens (tertiary/aromatic N) is 1. The third-order valence-corrected chi connectivity index (χ3v) is 4.86. The molecule has 0 unspecified atom stereocenters. The van der Waals surface area contributed by atoms with Crippen molar-refractivity contribution >= 4 is 39.1 Å². The highest BCUT2D eigenvalue weighted by atomic mass is 35.5. The van der Waals surface area contributed by atoms with E-state index in [1.165, 1.54) is 19.3 Å². The molecule has 5 heteroatoms. The molecule has 0 amide bonds. The molecule has 0 fully saturated rings. The second kappa shape index (κ2) is 17.4. The number of hydrogen-bond acceptors (Lipinski definition) is 4. The molecule has 0 atom stereocenters. The first-order chi connectivity index (χ1) is 16.2. The maximum absolute atomic E-state index is 6.19. The number of benzene rings is 2. The minimum Gasteiger partial charge on any atom is -0.497 e. The SMILES string of the molecule is CC.CCC.CCCCOCCC(C)(C)C.COc1ccc2nc3cc(Cl)ccc3c(N)c2c1. The van der Waals surface area contributed by atoms with Gasteiger partial charge in [0.15, 0.2) is 0 Å². The number of rotatable bonds is 6. The van der Waals surface area contributed by atoms with Crippen molar-refractivity contribution in [1.82, 2.24) is 4.98 Å². The summed E-state index contributed by atoms with van der Waals surface area (Å²) in [6.07, 6.45) is 4.84. The van der Waals surface area contributed by atoms with Gasteiger partial charge in [-0.05, 0) is 54.7 Å². The van der Waals surface area contributed by atoms with Gasteiger partial charge in [-0.2, -0.15) is 0 Å². The Morgan fingerprint density at radius 2 is 1.56 bits per heavy atom. The highest BCUT2D eigenvalue weighted by molar-refractivity contribution is 6.31. The highest BCUT2D eigenvalue weighted by Crippen LogP contribution is 2.31. The Balaban J connectivity index is 0.000000588. The van der Waals surface area contributed by atoms with Crippen molar-refractivity contribution in [1.29, 1.82) is 0 Å². The van der Waals surface area contributed by atoms with E-state index in [0.29, 0.717) is 16.1 Å². The van der Waals surface area contributed by atoms with Crippen molar-refractivity contribution in [2.45, 2.75) is 81.1 Å². The molecule has 0 aliphatic heterocycles. The Kier molecular flexibility index (Phi) is 16.4. The largest absolute Gasteiger partial charge is 0.497 e. The van der Waals surface area contributed by atoms with Crippen LogP contribution < -0.4 is 10.5 Å². The van der Waals surface area contributed by atoms with E-state index >= 15 is 0 Å². The monoisotopic (exact) mass is 490 g/mol. The Hall–Kier alpha value is -2.04. The van der Waals surface area contributed by atoms with E-state index in [0.717, 1.165) is 47.2 Å². The number of halogens is 1. The molecular weight excluding hydrogens is 444 g/mol. The Morgan fingerprint density at radius 3 is 2.12 bits per heavy atom. The number of fused-ring (bicyclic) bond motifs is 2. The Labute approximate surface area is 213 Å². The van der Waals surface area contributed by atoms with E-state index in [4.69, 9.17) is 26.8 Å². The van der Waals surface area contributed by atoms with Crippen LogP contribution in [0, 0.1) is 5.41 Å². The van der Waals surface area contributed by atoms with Gasteiger partial charge in [0.25, 0.3) is 0 Å². The summed E-state index contributed by atoms with van der Waals surface area (Å²) >= 11 is 5.97. The second-order valence-electron chi connectivity index (χ2n) is 9.05. The minimum absolute atomic E-state index is 0.423. The number of ether oxygens (including phenoxy) is 2. The normalized spacial score (nSPS) is 10.4. The number of anilines is 1. The van der Waals surface area contributed by atoms with Gasteiger partial charge < -0.3 is 15.2 Å². The molecule has 0 saturated carbocycles. The Morgan fingerprint density at radius 1 is 0.912 bits per heavy atom. The van der Waals surface area contributed by atoms with Gasteiger partial charge in [-0.1, -0.05) is 79.8 Å². The number of hydrogen-bond donors (Lipinski definition) is 1. The summed E-state index contributed by atoms with van der Waals surface area (Å²) in [6, 6.07) is 11.2. The molecular formula is C29H47ClN2O2. The lowest BCUT2D eigenvalue weighted by molar-refractivity contribution is 0.106. The predicted octanol–water partition coefficient (Wildman–Crippen LogP) is 9.31. The van der Waals surface area contributed by atoms with Gasteiger partial charge in [0.05, 0.1) is 23.8 Å². The fourth-order valence-electron chi connectivity index (χ4n) is 2.78. The number of pyridine rings is 1. The van der Waals surface area contributed by atoms with Gasteiger partial charge in [0.1, 0.15) is 5.75 Å². The number of aromatic nitrogens is 1. The number of nitrogen functional groups attached to an aromatic ring is 1. The van der Waals surface area contributed by atoms with Crippen molar-refractivity contribution in [2.24, 2.45) is 5.41 Å². The van der Waals surface area contributed by atoms with Crippen LogP contribution in [0.1, 0.15) is 81.1 Å². The van der Waals surface area contributed by atoms with Gasteiger partial charge in [0.2, 0.25) is 0 Å². The lowest BCUT2D eigenvalue weighted by Crippen LogP contribution is -2.09. The van der Waals surface area contributed by atoms with E-state index < -0.39 is 0 Å². The minimum atomic E-state index is 0.423. The predicted molar refractivity (Wildman–Crippen MR) is 152 cm³/mol. The molecule has 34 heavy (non-hydrogen) atoms. The van der Waals surface area contributed by atoms with Gasteiger partial charge >= 0.3 is 0 Å². The van der Waals surface area contributed by atoms with Gasteiger partial charge in [-0.3, -0.25) is 0 Å². The fraction of sp³-hybridized carbons (Fsp3) is 0.552. The quantitative estimate of drug-likeness (QED) is 0.276. The van der Waals surface area contributed by atoms with Crippen LogP contribution in [0.25, 0.3) is 21.8 Å². The summed E-state index contributed by atoms with van der Waals surface area (Å²) in [5, 5.41) is 2.45. The van der Waals surface area contributed by atoms with Crippen molar-refractivity contribution in [3.8, 4) is 5.75 Å². The van der Waals surface area contributed by atoms with Crippen molar-refractivity contribution < 1.29 is 9.47 Å². The third-order valence-electron chi connectivity index (χ3n) is 4.62. The molecule has 0 aliphatic carbocycles. The molecule has 2 aromatic carbocycles. The standard InChI is InChI=1S/C14H11ClN2O.C10H22O.C3H8.C2H6/c1-18-9-3-5-12-11(7-9)14(16)10-4-2-8(15)6-13(10)17-12;1-5-6-8-11-9-7-10(2,3)4;1-3-2;1-2/h2-7H,1H3,(H2,16,17);5-9H2,1-4H3;3H2,1-2H3;1-2H3. The van der Waals surface area contributed by atoms with E-state index in [2.05, 4.69) is 46.5 Å². The maximum Gasteiger partial charge on any atom is 0.119 e. The summed E-state index contributed by atoms with van der Waals surface area (Å²) in [7, 11) is 1.63. The summed E-state index contributed by atoms with van der Waals surface area (Å²) in [5.41, 5.74) is 8.95. The van der Waals surface area contributed by atoms with Crippen LogP contribution in [0.5, 0.6) is 5.75 Å². The fourth-order valence-corrected chi connectivity index (χ4v) is 2.95. The first-order valence-electron chi connectivity index (χ1n) is 12.6. The molecule has 0 aliphatic rings. The number of unbranched alkanes of at least 4 members (excludes halogenated alkanes) is 1. The molecule has 0 spiro atoms. The molecule has 3 rings (SSSR count).